The molecule has 2 N–H and O–H groups in total. The Labute approximate surface area is 236 Å². The number of nitrogens with zero attached hydrogens (tertiary/aromatic N) is 1. The summed E-state index contributed by atoms with van der Waals surface area (Å²) in [5.41, 5.74) is 5.54. The largest absolute Gasteiger partial charge is 0.421 e. The number of hydrazone groups is 1. The summed E-state index contributed by atoms with van der Waals surface area (Å²) in [6, 6.07) is 25.8. The Balaban J connectivity index is 1.47. The third-order valence-corrected chi connectivity index (χ3v) is 6.32. The quantitative estimate of drug-likeness (QED) is 0.102. The molecule has 0 saturated heterocycles. The molecule has 0 atom stereocenters. The lowest BCUT2D eigenvalue weighted by Crippen LogP contribution is -2.18. The summed E-state index contributed by atoms with van der Waals surface area (Å²) in [6.45, 7) is 1.89. The highest BCUT2D eigenvalue weighted by Crippen LogP contribution is 2.32. The van der Waals surface area contributed by atoms with E-state index in [2.05, 4.69) is 47.7 Å². The highest BCUT2D eigenvalue weighted by atomic mass is 79.9. The highest BCUT2D eigenvalue weighted by molar-refractivity contribution is 9.11. The molecule has 4 aromatic carbocycles. The van der Waals surface area contributed by atoms with Crippen molar-refractivity contribution in [2.45, 2.75) is 6.92 Å². The van der Waals surface area contributed by atoms with Gasteiger partial charge in [-0.2, -0.15) is 5.10 Å². The predicted molar refractivity (Wildman–Crippen MR) is 154 cm³/mol. The second-order valence-electron chi connectivity index (χ2n) is 8.17. The van der Waals surface area contributed by atoms with Crippen molar-refractivity contribution in [2.24, 2.45) is 5.10 Å². The van der Waals surface area contributed by atoms with E-state index in [9.17, 15) is 14.4 Å². The molecule has 4 rings (SSSR count). The number of anilines is 1. The Morgan fingerprint density at radius 1 is 0.789 bits per heavy atom. The number of hydrogen-bond acceptors (Lipinski definition) is 5. The van der Waals surface area contributed by atoms with Crippen LogP contribution in [0, 0.1) is 6.92 Å². The molecule has 2 amide bonds. The van der Waals surface area contributed by atoms with E-state index in [1.54, 1.807) is 78.9 Å². The maximum atomic E-state index is 12.7. The molecule has 38 heavy (non-hydrogen) atoms. The number of hydrogen-bond donors (Lipinski definition) is 2. The van der Waals surface area contributed by atoms with Crippen LogP contribution in [0.1, 0.15) is 42.2 Å². The molecule has 0 unspecified atom stereocenters. The number of halogens is 2. The van der Waals surface area contributed by atoms with E-state index in [-0.39, 0.29) is 11.7 Å². The van der Waals surface area contributed by atoms with Crippen LogP contribution in [0.5, 0.6) is 5.75 Å². The molecule has 0 aromatic heterocycles. The lowest BCUT2D eigenvalue weighted by atomic mass is 10.1. The Morgan fingerprint density at radius 3 is 2.26 bits per heavy atom. The number of ether oxygens (including phenoxy) is 1. The fourth-order valence-corrected chi connectivity index (χ4v) is 4.80. The maximum Gasteiger partial charge on any atom is 0.343 e. The van der Waals surface area contributed by atoms with Gasteiger partial charge in [0.1, 0.15) is 0 Å². The van der Waals surface area contributed by atoms with Crippen molar-refractivity contribution in [3.05, 3.63) is 128 Å². The normalized spacial score (nSPS) is 10.7. The second-order valence-corrected chi connectivity index (χ2v) is 9.94. The summed E-state index contributed by atoms with van der Waals surface area (Å²) in [4.78, 5) is 37.9. The van der Waals surface area contributed by atoms with Crippen molar-refractivity contribution >= 4 is 61.5 Å². The maximum absolute atomic E-state index is 12.7. The monoisotopic (exact) mass is 633 g/mol. The number of amides is 2. The van der Waals surface area contributed by atoms with Gasteiger partial charge >= 0.3 is 5.97 Å². The molecule has 0 aliphatic heterocycles. The van der Waals surface area contributed by atoms with Gasteiger partial charge in [-0.25, -0.2) is 10.2 Å². The molecular formula is C29H21Br2N3O4. The van der Waals surface area contributed by atoms with Gasteiger partial charge in [0.25, 0.3) is 11.8 Å². The smallest absolute Gasteiger partial charge is 0.343 e. The molecule has 0 spiro atoms. The average molecular weight is 635 g/mol. The van der Waals surface area contributed by atoms with Crippen LogP contribution >= 0.6 is 31.9 Å². The molecule has 0 fully saturated rings. The Hall–Kier alpha value is -4.08. The standard InChI is InChI=1S/C29H21Br2N3O4/c1-18-7-5-11-21(13-18)29(37)38-26-22(14-23(30)16-25(26)31)17-32-34-28(36)20-10-6-12-24(15-20)33-27(35)19-8-3-2-4-9-19/h2-17H,1H3,(H,33,35)(H,34,36). The topological polar surface area (TPSA) is 96.9 Å². The van der Waals surface area contributed by atoms with Crippen LogP contribution in [0.25, 0.3) is 0 Å². The van der Waals surface area contributed by atoms with Crippen molar-refractivity contribution in [2.75, 3.05) is 5.32 Å². The number of carbonyl (C=O) groups is 3. The first-order valence-electron chi connectivity index (χ1n) is 11.4. The fourth-order valence-electron chi connectivity index (χ4n) is 3.46. The fraction of sp³-hybridized carbons (Fsp3) is 0.0345. The highest BCUT2D eigenvalue weighted by Gasteiger charge is 2.16. The zero-order chi connectivity index (χ0) is 27.1. The van der Waals surface area contributed by atoms with Gasteiger partial charge in [0, 0.05) is 26.9 Å². The van der Waals surface area contributed by atoms with E-state index < -0.39 is 11.9 Å². The van der Waals surface area contributed by atoms with Gasteiger partial charge in [0.2, 0.25) is 0 Å². The minimum Gasteiger partial charge on any atom is -0.421 e. The van der Waals surface area contributed by atoms with Crippen LogP contribution in [0.15, 0.2) is 105 Å². The summed E-state index contributed by atoms with van der Waals surface area (Å²) in [7, 11) is 0. The SMILES string of the molecule is Cc1cccc(C(=O)Oc2c(Br)cc(Br)cc2C=NNC(=O)c2cccc(NC(=O)c3ccccc3)c2)c1. The number of aryl methyl sites for hydroxylation is 1. The summed E-state index contributed by atoms with van der Waals surface area (Å²) in [6.07, 6.45) is 1.38. The van der Waals surface area contributed by atoms with Crippen LogP contribution in [0.3, 0.4) is 0 Å². The van der Waals surface area contributed by atoms with E-state index in [1.807, 2.05) is 19.1 Å². The second kappa shape index (κ2) is 12.4. The third kappa shape index (κ3) is 7.02. The first-order valence-corrected chi connectivity index (χ1v) is 13.0. The average Bonchev–Trinajstić information content (AvgIpc) is 2.91. The summed E-state index contributed by atoms with van der Waals surface area (Å²) >= 11 is 6.84. The molecule has 0 aliphatic carbocycles. The molecular weight excluding hydrogens is 614 g/mol. The lowest BCUT2D eigenvalue weighted by Gasteiger charge is -2.11. The van der Waals surface area contributed by atoms with Crippen molar-refractivity contribution in [1.29, 1.82) is 0 Å². The molecule has 4 aromatic rings. The molecule has 0 saturated carbocycles. The molecule has 9 heteroatoms. The van der Waals surface area contributed by atoms with Gasteiger partial charge in [0.15, 0.2) is 5.75 Å². The zero-order valence-electron chi connectivity index (χ0n) is 20.1. The molecule has 0 heterocycles. The predicted octanol–water partition coefficient (Wildman–Crippen LogP) is 6.76. The Morgan fingerprint density at radius 2 is 1.50 bits per heavy atom. The number of benzene rings is 4. The van der Waals surface area contributed by atoms with E-state index in [1.165, 1.54) is 6.21 Å². The van der Waals surface area contributed by atoms with E-state index in [0.717, 1.165) is 10.0 Å². The van der Waals surface area contributed by atoms with Gasteiger partial charge in [-0.1, -0.05) is 57.9 Å². The van der Waals surface area contributed by atoms with Crippen molar-refractivity contribution < 1.29 is 19.1 Å². The van der Waals surface area contributed by atoms with Crippen LogP contribution < -0.4 is 15.5 Å². The van der Waals surface area contributed by atoms with Crippen molar-refractivity contribution in [1.82, 2.24) is 5.43 Å². The van der Waals surface area contributed by atoms with Gasteiger partial charge < -0.3 is 10.1 Å². The van der Waals surface area contributed by atoms with Gasteiger partial charge in [-0.15, -0.1) is 0 Å². The van der Waals surface area contributed by atoms with Crippen LogP contribution in [0.4, 0.5) is 5.69 Å². The summed E-state index contributed by atoms with van der Waals surface area (Å²) < 4.78 is 6.90. The Kier molecular flexibility index (Phi) is 8.83. The van der Waals surface area contributed by atoms with E-state index in [4.69, 9.17) is 4.74 Å². The first-order chi connectivity index (χ1) is 18.3. The minimum atomic E-state index is -0.523. The minimum absolute atomic E-state index is 0.253. The van der Waals surface area contributed by atoms with Gasteiger partial charge in [-0.05, 0) is 77.5 Å². The van der Waals surface area contributed by atoms with E-state index >= 15 is 0 Å². The number of nitrogens with one attached hydrogen (secondary N) is 2. The van der Waals surface area contributed by atoms with Crippen LogP contribution in [0.2, 0.25) is 0 Å². The van der Waals surface area contributed by atoms with Gasteiger partial charge in [-0.3, -0.25) is 9.59 Å². The summed E-state index contributed by atoms with van der Waals surface area (Å²) in [5, 5.41) is 6.82. The molecule has 0 radical (unpaired) electrons. The summed E-state index contributed by atoms with van der Waals surface area (Å²) in [5.74, 6) is -1.04. The lowest BCUT2D eigenvalue weighted by molar-refractivity contribution is 0.0732. The van der Waals surface area contributed by atoms with Crippen LogP contribution in [-0.4, -0.2) is 24.0 Å². The van der Waals surface area contributed by atoms with Crippen molar-refractivity contribution in [3.8, 4) is 5.75 Å². The third-order valence-electron chi connectivity index (χ3n) is 5.27. The molecule has 7 nitrogen and oxygen atoms in total. The zero-order valence-corrected chi connectivity index (χ0v) is 23.2. The Bertz CT molecular complexity index is 1540. The number of carbonyl (C=O) groups excluding carboxylic acids is 3. The van der Waals surface area contributed by atoms with Gasteiger partial charge in [0.05, 0.1) is 16.3 Å². The number of rotatable bonds is 7. The van der Waals surface area contributed by atoms with Crippen molar-refractivity contribution in [3.63, 3.8) is 0 Å². The molecule has 0 aliphatic rings. The van der Waals surface area contributed by atoms with Crippen LogP contribution in [-0.2, 0) is 0 Å². The van der Waals surface area contributed by atoms with E-state index in [0.29, 0.717) is 32.4 Å². The number of esters is 1. The molecule has 0 bridgehead atoms. The first kappa shape index (κ1) is 27.0. The molecule has 190 valence electrons.